The van der Waals surface area contributed by atoms with Crippen molar-refractivity contribution >= 4 is 15.9 Å². The summed E-state index contributed by atoms with van der Waals surface area (Å²) in [5.74, 6) is 1.25. The van der Waals surface area contributed by atoms with E-state index < -0.39 is 0 Å². The van der Waals surface area contributed by atoms with E-state index in [1.807, 2.05) is 29.0 Å². The zero-order valence-electron chi connectivity index (χ0n) is 20.5. The summed E-state index contributed by atoms with van der Waals surface area (Å²) in [5.41, 5.74) is 3.39. The van der Waals surface area contributed by atoms with E-state index in [1.165, 1.54) is 5.56 Å². The van der Waals surface area contributed by atoms with Crippen molar-refractivity contribution in [1.29, 1.82) is 0 Å². The largest absolute Gasteiger partial charge is 0.308 e. The lowest BCUT2D eigenvalue weighted by atomic mass is 10.1. The minimum absolute atomic E-state index is 0.0493. The first-order chi connectivity index (χ1) is 16.5. The molecule has 0 spiro atoms. The molecule has 3 aromatic rings. The van der Waals surface area contributed by atoms with Crippen LogP contribution in [-0.4, -0.2) is 46.5 Å². The number of likely N-dealkylation sites (N-methyl/N-ethyl adjacent to an activating group) is 1. The summed E-state index contributed by atoms with van der Waals surface area (Å²) < 4.78 is 3.03. The quantitative estimate of drug-likeness (QED) is 0.336. The number of benzene rings is 2. The van der Waals surface area contributed by atoms with Crippen molar-refractivity contribution in [1.82, 2.24) is 19.4 Å². The van der Waals surface area contributed by atoms with Gasteiger partial charge in [0.25, 0.3) is 5.56 Å². The highest BCUT2D eigenvalue weighted by molar-refractivity contribution is 9.10. The van der Waals surface area contributed by atoms with Crippen LogP contribution in [0, 0.1) is 0 Å². The fourth-order valence-electron chi connectivity index (χ4n) is 4.48. The second-order valence-electron chi connectivity index (χ2n) is 9.55. The molecular formula is C28H35BrN4O. The van der Waals surface area contributed by atoms with Crippen LogP contribution >= 0.6 is 15.9 Å². The number of rotatable bonds is 11. The number of hydrogen-bond donors (Lipinski definition) is 0. The first-order valence-corrected chi connectivity index (χ1v) is 13.0. The third-order valence-electron chi connectivity index (χ3n) is 6.56. The molecule has 180 valence electrons. The number of halogens is 1. The van der Waals surface area contributed by atoms with Crippen LogP contribution in [0.4, 0.5) is 0 Å². The molecule has 1 saturated carbocycles. The highest BCUT2D eigenvalue weighted by atomic mass is 79.9. The molecule has 1 atom stereocenters. The van der Waals surface area contributed by atoms with Crippen LogP contribution in [0.2, 0.25) is 0 Å². The van der Waals surface area contributed by atoms with Gasteiger partial charge in [0.05, 0.1) is 12.6 Å². The average Bonchev–Trinajstić information content (AvgIpc) is 3.67. The lowest BCUT2D eigenvalue weighted by Gasteiger charge is -2.33. The van der Waals surface area contributed by atoms with Crippen molar-refractivity contribution < 1.29 is 0 Å². The Kier molecular flexibility index (Phi) is 8.35. The molecule has 1 unspecified atom stereocenters. The molecule has 1 aliphatic carbocycles. The molecule has 5 nitrogen and oxygen atoms in total. The van der Waals surface area contributed by atoms with Gasteiger partial charge in [-0.05, 0) is 62.5 Å². The second-order valence-corrected chi connectivity index (χ2v) is 10.5. The predicted molar refractivity (Wildman–Crippen MR) is 142 cm³/mol. The van der Waals surface area contributed by atoms with Crippen LogP contribution in [0.3, 0.4) is 0 Å². The van der Waals surface area contributed by atoms with E-state index in [-0.39, 0.29) is 11.6 Å². The van der Waals surface area contributed by atoms with Crippen molar-refractivity contribution in [2.24, 2.45) is 0 Å². The van der Waals surface area contributed by atoms with Gasteiger partial charge in [-0.25, -0.2) is 4.98 Å². The minimum Gasteiger partial charge on any atom is -0.308 e. The van der Waals surface area contributed by atoms with Gasteiger partial charge in [0.2, 0.25) is 0 Å². The summed E-state index contributed by atoms with van der Waals surface area (Å²) in [6, 6.07) is 18.8. The molecule has 0 N–H and O–H groups in total. The van der Waals surface area contributed by atoms with Gasteiger partial charge >= 0.3 is 0 Å². The number of hydrogen-bond acceptors (Lipinski definition) is 4. The summed E-state index contributed by atoms with van der Waals surface area (Å²) >= 11 is 3.54. The van der Waals surface area contributed by atoms with Crippen molar-refractivity contribution in [3.63, 3.8) is 0 Å². The Balaban J connectivity index is 1.73. The van der Waals surface area contributed by atoms with E-state index in [2.05, 4.69) is 83.1 Å². The molecule has 0 bridgehead atoms. The van der Waals surface area contributed by atoms with Gasteiger partial charge in [-0.2, -0.15) is 0 Å². The standard InChI is InChI=1S/C28H35BrN4O/c1-4-26(32(17-16-31(2)3)19-22-10-14-24(29)15-11-22)27-30-18-25(23-12-13-23)28(34)33(27)20-21-8-6-5-7-9-21/h5-11,14-15,18,23,26H,4,12-13,16-17,19-20H2,1-3H3. The highest BCUT2D eigenvalue weighted by Gasteiger charge is 2.30. The molecule has 0 radical (unpaired) electrons. The van der Waals surface area contributed by atoms with Crippen molar-refractivity contribution in [2.75, 3.05) is 27.2 Å². The molecule has 0 aliphatic heterocycles. The maximum absolute atomic E-state index is 13.7. The molecule has 1 fully saturated rings. The van der Waals surface area contributed by atoms with E-state index in [1.54, 1.807) is 0 Å². The molecule has 2 aromatic carbocycles. The van der Waals surface area contributed by atoms with Crippen LogP contribution < -0.4 is 5.56 Å². The zero-order valence-corrected chi connectivity index (χ0v) is 22.0. The smallest absolute Gasteiger partial charge is 0.257 e. The van der Waals surface area contributed by atoms with Crippen molar-refractivity contribution in [3.8, 4) is 0 Å². The summed E-state index contributed by atoms with van der Waals surface area (Å²) in [6.07, 6.45) is 4.94. The third-order valence-corrected chi connectivity index (χ3v) is 7.09. The van der Waals surface area contributed by atoms with Gasteiger partial charge in [0.1, 0.15) is 5.82 Å². The van der Waals surface area contributed by atoms with E-state index in [0.29, 0.717) is 12.5 Å². The normalized spacial score (nSPS) is 14.6. The van der Waals surface area contributed by atoms with Crippen LogP contribution in [0.5, 0.6) is 0 Å². The maximum atomic E-state index is 13.7. The zero-order chi connectivity index (χ0) is 24.1. The van der Waals surface area contributed by atoms with Gasteiger partial charge in [-0.15, -0.1) is 0 Å². The third kappa shape index (κ3) is 6.23. The highest BCUT2D eigenvalue weighted by Crippen LogP contribution is 2.38. The lowest BCUT2D eigenvalue weighted by Crippen LogP contribution is -2.38. The van der Waals surface area contributed by atoms with Crippen molar-refractivity contribution in [2.45, 2.75) is 51.2 Å². The van der Waals surface area contributed by atoms with Gasteiger partial charge in [-0.3, -0.25) is 14.3 Å². The van der Waals surface area contributed by atoms with Crippen LogP contribution in [0.15, 0.2) is 70.1 Å². The maximum Gasteiger partial charge on any atom is 0.257 e. The summed E-state index contributed by atoms with van der Waals surface area (Å²) in [5, 5.41) is 0. The summed E-state index contributed by atoms with van der Waals surface area (Å²) in [7, 11) is 4.21. The molecule has 34 heavy (non-hydrogen) atoms. The van der Waals surface area contributed by atoms with Gasteiger partial charge in [-0.1, -0.05) is 65.3 Å². The fourth-order valence-corrected chi connectivity index (χ4v) is 4.75. The summed E-state index contributed by atoms with van der Waals surface area (Å²) in [4.78, 5) is 23.3. The lowest BCUT2D eigenvalue weighted by molar-refractivity contribution is 0.155. The first kappa shape index (κ1) is 24.8. The number of aromatic nitrogens is 2. The first-order valence-electron chi connectivity index (χ1n) is 12.2. The number of nitrogens with zero attached hydrogens (tertiary/aromatic N) is 4. The SMILES string of the molecule is CCC(c1ncc(C2CC2)c(=O)n1Cc1ccccc1)N(CCN(C)C)Cc1ccc(Br)cc1. The average molecular weight is 524 g/mol. The van der Waals surface area contributed by atoms with Crippen LogP contribution in [0.25, 0.3) is 0 Å². The monoisotopic (exact) mass is 522 g/mol. The Hall–Kier alpha value is -2.28. The minimum atomic E-state index is 0.0493. The molecular weight excluding hydrogens is 488 g/mol. The Morgan fingerprint density at radius 1 is 1.03 bits per heavy atom. The Labute approximate surface area is 211 Å². The van der Waals surface area contributed by atoms with E-state index in [9.17, 15) is 4.79 Å². The molecule has 0 saturated heterocycles. The van der Waals surface area contributed by atoms with Crippen molar-refractivity contribution in [3.05, 3.63) is 98.1 Å². The Morgan fingerprint density at radius 3 is 2.35 bits per heavy atom. The topological polar surface area (TPSA) is 41.4 Å². The second kappa shape index (κ2) is 11.4. The van der Waals surface area contributed by atoms with E-state index >= 15 is 0 Å². The predicted octanol–water partition coefficient (Wildman–Crippen LogP) is 5.45. The van der Waals surface area contributed by atoms with Gasteiger partial charge in [0, 0.05) is 35.9 Å². The molecule has 1 heterocycles. The molecule has 6 heteroatoms. The molecule has 1 aromatic heterocycles. The van der Waals surface area contributed by atoms with Gasteiger partial charge < -0.3 is 4.90 Å². The fraction of sp³-hybridized carbons (Fsp3) is 0.429. The Morgan fingerprint density at radius 2 is 1.74 bits per heavy atom. The van der Waals surface area contributed by atoms with Gasteiger partial charge in [0.15, 0.2) is 0 Å². The Bertz CT molecular complexity index is 1120. The summed E-state index contributed by atoms with van der Waals surface area (Å²) in [6.45, 7) is 5.40. The van der Waals surface area contributed by atoms with Crippen LogP contribution in [-0.2, 0) is 13.1 Å². The molecule has 0 amide bonds. The van der Waals surface area contributed by atoms with E-state index in [4.69, 9.17) is 4.98 Å². The van der Waals surface area contributed by atoms with Crippen LogP contribution in [0.1, 0.15) is 60.7 Å². The van der Waals surface area contributed by atoms with E-state index in [0.717, 1.165) is 60.3 Å². The molecule has 1 aliphatic rings. The molecule has 4 rings (SSSR count).